The molecule has 0 aromatic heterocycles. The fraction of sp³-hybridized carbons (Fsp3) is 0.500. The second kappa shape index (κ2) is 3.81. The number of nitrogens with zero attached hydrogens (tertiary/aromatic N) is 1. The summed E-state index contributed by atoms with van der Waals surface area (Å²) in [5.74, 6) is 0.178. The molecule has 3 rings (SSSR count). The summed E-state index contributed by atoms with van der Waals surface area (Å²) in [5, 5.41) is 0. The standard InChI is InChI=1S/C14H16BrNO2/c1-8-11(18-8)12-14(2,3)13(17)16(12)10-6-4-9(15)5-7-10/h4-8,11-12H,1-3H3/t8-,11+,12-/m0/s1. The van der Waals surface area contributed by atoms with Crippen LogP contribution in [0.2, 0.25) is 0 Å². The molecule has 0 saturated carbocycles. The van der Waals surface area contributed by atoms with Crippen molar-refractivity contribution in [2.45, 2.75) is 39.0 Å². The highest BCUT2D eigenvalue weighted by Gasteiger charge is 2.63. The Balaban J connectivity index is 1.91. The quantitative estimate of drug-likeness (QED) is 0.621. The largest absolute Gasteiger partial charge is 0.368 e. The van der Waals surface area contributed by atoms with Crippen LogP contribution in [0.4, 0.5) is 5.69 Å². The monoisotopic (exact) mass is 309 g/mol. The molecule has 1 aromatic carbocycles. The molecule has 2 aliphatic rings. The first kappa shape index (κ1) is 12.2. The fourth-order valence-corrected chi connectivity index (χ4v) is 3.05. The summed E-state index contributed by atoms with van der Waals surface area (Å²) in [4.78, 5) is 14.2. The van der Waals surface area contributed by atoms with Crippen molar-refractivity contribution in [3.63, 3.8) is 0 Å². The number of rotatable bonds is 2. The Morgan fingerprint density at radius 2 is 1.83 bits per heavy atom. The van der Waals surface area contributed by atoms with Crippen molar-refractivity contribution in [2.24, 2.45) is 5.41 Å². The molecule has 0 unspecified atom stereocenters. The molecule has 2 heterocycles. The summed E-state index contributed by atoms with van der Waals surface area (Å²) in [6, 6.07) is 8.01. The van der Waals surface area contributed by atoms with Crippen molar-refractivity contribution in [1.82, 2.24) is 0 Å². The van der Waals surface area contributed by atoms with Crippen LogP contribution in [0.15, 0.2) is 28.7 Å². The van der Waals surface area contributed by atoms with E-state index in [0.29, 0.717) is 0 Å². The summed E-state index contributed by atoms with van der Waals surface area (Å²) < 4.78 is 6.60. The van der Waals surface area contributed by atoms with Gasteiger partial charge < -0.3 is 9.64 Å². The van der Waals surface area contributed by atoms with Gasteiger partial charge in [-0.15, -0.1) is 0 Å². The van der Waals surface area contributed by atoms with E-state index in [9.17, 15) is 4.79 Å². The fourth-order valence-electron chi connectivity index (χ4n) is 2.79. The number of halogens is 1. The number of benzene rings is 1. The highest BCUT2D eigenvalue weighted by atomic mass is 79.9. The molecule has 3 atom stereocenters. The lowest BCUT2D eigenvalue weighted by atomic mass is 9.71. The molecule has 2 aliphatic heterocycles. The van der Waals surface area contributed by atoms with E-state index in [0.717, 1.165) is 10.2 Å². The maximum atomic E-state index is 12.3. The van der Waals surface area contributed by atoms with Gasteiger partial charge in [0.2, 0.25) is 5.91 Å². The number of anilines is 1. The third-order valence-electron chi connectivity index (χ3n) is 3.96. The minimum absolute atomic E-state index is 0.154. The van der Waals surface area contributed by atoms with Crippen molar-refractivity contribution in [1.29, 1.82) is 0 Å². The van der Waals surface area contributed by atoms with E-state index < -0.39 is 0 Å². The van der Waals surface area contributed by atoms with E-state index in [2.05, 4.69) is 22.9 Å². The number of β-lactam (4-membered cyclic amide) rings is 1. The van der Waals surface area contributed by atoms with Crippen LogP contribution in [0.3, 0.4) is 0 Å². The lowest BCUT2D eigenvalue weighted by Gasteiger charge is -2.52. The highest BCUT2D eigenvalue weighted by molar-refractivity contribution is 9.10. The van der Waals surface area contributed by atoms with Crippen LogP contribution in [0.5, 0.6) is 0 Å². The normalized spacial score (nSPS) is 33.2. The van der Waals surface area contributed by atoms with Gasteiger partial charge in [0, 0.05) is 10.2 Å². The maximum Gasteiger partial charge on any atom is 0.235 e. The highest BCUT2D eigenvalue weighted by Crippen LogP contribution is 2.48. The maximum absolute atomic E-state index is 12.3. The summed E-state index contributed by atoms with van der Waals surface area (Å²) in [5.41, 5.74) is 0.637. The summed E-state index contributed by atoms with van der Waals surface area (Å²) in [6.45, 7) is 6.07. The average molecular weight is 310 g/mol. The molecule has 2 fully saturated rings. The van der Waals surface area contributed by atoms with Crippen molar-refractivity contribution in [2.75, 3.05) is 4.90 Å². The van der Waals surface area contributed by atoms with E-state index in [-0.39, 0.29) is 29.6 Å². The van der Waals surface area contributed by atoms with Crippen LogP contribution in [-0.2, 0) is 9.53 Å². The Bertz CT molecular complexity index is 497. The van der Waals surface area contributed by atoms with Gasteiger partial charge in [0.05, 0.1) is 17.6 Å². The summed E-state index contributed by atoms with van der Waals surface area (Å²) in [6.07, 6.45) is 0.446. The summed E-state index contributed by atoms with van der Waals surface area (Å²) in [7, 11) is 0. The number of carbonyl (C=O) groups is 1. The van der Waals surface area contributed by atoms with Crippen LogP contribution >= 0.6 is 15.9 Å². The van der Waals surface area contributed by atoms with Gasteiger partial charge in [-0.2, -0.15) is 0 Å². The molecule has 0 aliphatic carbocycles. The predicted octanol–water partition coefficient (Wildman–Crippen LogP) is 2.98. The van der Waals surface area contributed by atoms with Crippen LogP contribution in [0.1, 0.15) is 20.8 Å². The molecule has 1 amide bonds. The SMILES string of the molecule is C[C@@H]1O[C@H]1[C@@H]1N(c2ccc(Br)cc2)C(=O)C1(C)C. The topological polar surface area (TPSA) is 32.8 Å². The smallest absolute Gasteiger partial charge is 0.235 e. The Hall–Kier alpha value is -0.870. The van der Waals surface area contributed by atoms with Crippen LogP contribution in [-0.4, -0.2) is 24.2 Å². The van der Waals surface area contributed by atoms with Crippen molar-refractivity contribution >= 4 is 27.5 Å². The zero-order valence-electron chi connectivity index (χ0n) is 10.7. The van der Waals surface area contributed by atoms with Gasteiger partial charge in [0.25, 0.3) is 0 Å². The number of ether oxygens (including phenoxy) is 1. The van der Waals surface area contributed by atoms with Crippen LogP contribution in [0.25, 0.3) is 0 Å². The Morgan fingerprint density at radius 1 is 1.28 bits per heavy atom. The lowest BCUT2D eigenvalue weighted by molar-refractivity contribution is -0.137. The number of amides is 1. The number of hydrogen-bond acceptors (Lipinski definition) is 2. The van der Waals surface area contributed by atoms with Crippen LogP contribution < -0.4 is 4.90 Å². The third-order valence-corrected chi connectivity index (χ3v) is 4.49. The van der Waals surface area contributed by atoms with Gasteiger partial charge >= 0.3 is 0 Å². The Morgan fingerprint density at radius 3 is 2.33 bits per heavy atom. The predicted molar refractivity (Wildman–Crippen MR) is 73.5 cm³/mol. The minimum atomic E-state index is -0.317. The number of carbonyl (C=O) groups excluding carboxylic acids is 1. The van der Waals surface area contributed by atoms with E-state index in [4.69, 9.17) is 4.74 Å². The first-order valence-electron chi connectivity index (χ1n) is 6.17. The molecule has 2 saturated heterocycles. The first-order chi connectivity index (χ1) is 8.43. The lowest BCUT2D eigenvalue weighted by Crippen LogP contribution is -2.69. The Labute approximate surface area is 115 Å². The van der Waals surface area contributed by atoms with Gasteiger partial charge in [-0.25, -0.2) is 0 Å². The molecule has 0 N–H and O–H groups in total. The molecule has 18 heavy (non-hydrogen) atoms. The van der Waals surface area contributed by atoms with Gasteiger partial charge in [0.15, 0.2) is 0 Å². The third kappa shape index (κ3) is 1.62. The van der Waals surface area contributed by atoms with E-state index in [1.165, 1.54) is 0 Å². The summed E-state index contributed by atoms with van der Waals surface area (Å²) >= 11 is 3.41. The first-order valence-corrected chi connectivity index (χ1v) is 6.97. The van der Waals surface area contributed by atoms with Crippen molar-refractivity contribution in [3.8, 4) is 0 Å². The molecule has 0 radical (unpaired) electrons. The molecule has 0 bridgehead atoms. The van der Waals surface area contributed by atoms with Crippen molar-refractivity contribution in [3.05, 3.63) is 28.7 Å². The average Bonchev–Trinajstić information content (AvgIpc) is 3.03. The minimum Gasteiger partial charge on any atom is -0.368 e. The van der Waals surface area contributed by atoms with E-state index in [1.54, 1.807) is 0 Å². The van der Waals surface area contributed by atoms with Gasteiger partial charge in [-0.05, 0) is 45.0 Å². The zero-order chi connectivity index (χ0) is 13.1. The second-order valence-corrected chi connectivity index (χ2v) is 6.54. The number of epoxide rings is 1. The molecule has 0 spiro atoms. The molecule has 4 heteroatoms. The molecule has 1 aromatic rings. The van der Waals surface area contributed by atoms with Gasteiger partial charge in [0.1, 0.15) is 6.10 Å². The van der Waals surface area contributed by atoms with E-state index in [1.807, 2.05) is 43.0 Å². The molecular weight excluding hydrogens is 294 g/mol. The molecule has 3 nitrogen and oxygen atoms in total. The van der Waals surface area contributed by atoms with E-state index >= 15 is 0 Å². The second-order valence-electron chi connectivity index (χ2n) is 5.62. The molecular formula is C14H16BrNO2. The van der Waals surface area contributed by atoms with Gasteiger partial charge in [-0.3, -0.25) is 4.79 Å². The Kier molecular flexibility index (Phi) is 2.58. The number of hydrogen-bond donors (Lipinski definition) is 0. The molecule has 96 valence electrons. The van der Waals surface area contributed by atoms with Crippen molar-refractivity contribution < 1.29 is 9.53 Å². The zero-order valence-corrected chi connectivity index (χ0v) is 12.3. The van der Waals surface area contributed by atoms with Gasteiger partial charge in [-0.1, -0.05) is 15.9 Å². The van der Waals surface area contributed by atoms with Crippen LogP contribution in [0, 0.1) is 5.41 Å².